The van der Waals surface area contributed by atoms with E-state index in [1.165, 1.54) is 0 Å². The van der Waals surface area contributed by atoms with Crippen LogP contribution in [-0.4, -0.2) is 18.2 Å². The van der Waals surface area contributed by atoms with E-state index < -0.39 is 5.72 Å². The van der Waals surface area contributed by atoms with Crippen molar-refractivity contribution in [2.24, 2.45) is 16.5 Å². The maximum atomic E-state index is 10.4. The van der Waals surface area contributed by atoms with Gasteiger partial charge in [-0.3, -0.25) is 4.79 Å². The van der Waals surface area contributed by atoms with Gasteiger partial charge in [0.15, 0.2) is 5.96 Å². The van der Waals surface area contributed by atoms with Crippen molar-refractivity contribution in [2.45, 2.75) is 44.2 Å². The van der Waals surface area contributed by atoms with Gasteiger partial charge in [0.2, 0.25) is 5.72 Å². The van der Waals surface area contributed by atoms with Gasteiger partial charge in [0.25, 0.3) is 6.47 Å². The molecule has 0 aromatic rings. The Morgan fingerprint density at radius 2 is 1.79 bits per heavy atom. The van der Waals surface area contributed by atoms with Crippen molar-refractivity contribution in [3.05, 3.63) is 0 Å². The Bertz CT molecular complexity index is 216. The molecular weight excluding hydrogens is 182 g/mol. The molecule has 5 heteroatoms. The molecule has 0 aromatic carbocycles. The normalized spacial score (nSPS) is 20.6. The maximum absolute atomic E-state index is 10.4. The molecule has 14 heavy (non-hydrogen) atoms. The van der Waals surface area contributed by atoms with E-state index in [1.54, 1.807) is 0 Å². The molecule has 4 N–H and O–H groups in total. The number of ether oxygens (including phenoxy) is 1. The van der Waals surface area contributed by atoms with Crippen molar-refractivity contribution >= 4 is 12.4 Å². The number of rotatable bonds is 3. The highest BCUT2D eigenvalue weighted by Gasteiger charge is 2.32. The lowest BCUT2D eigenvalue weighted by atomic mass is 10.1. The molecule has 1 aliphatic rings. The van der Waals surface area contributed by atoms with Gasteiger partial charge in [-0.15, -0.1) is 0 Å². The van der Waals surface area contributed by atoms with E-state index in [0.717, 1.165) is 25.7 Å². The molecular formula is C9H17N3O2. The second-order valence-corrected chi connectivity index (χ2v) is 3.61. The predicted octanol–water partition coefficient (Wildman–Crippen LogP) is 0.483. The van der Waals surface area contributed by atoms with Crippen LogP contribution < -0.4 is 11.5 Å². The molecule has 5 nitrogen and oxygen atoms in total. The molecule has 0 unspecified atom stereocenters. The Morgan fingerprint density at radius 3 is 2.21 bits per heavy atom. The molecule has 0 aliphatic heterocycles. The minimum atomic E-state index is -0.795. The Morgan fingerprint density at radius 1 is 1.21 bits per heavy atom. The van der Waals surface area contributed by atoms with Gasteiger partial charge in [0.05, 0.1) is 0 Å². The Labute approximate surface area is 83.5 Å². The summed E-state index contributed by atoms with van der Waals surface area (Å²) in [5, 5.41) is 0. The monoisotopic (exact) mass is 199 g/mol. The number of nitrogens with two attached hydrogens (primary N) is 2. The fourth-order valence-corrected chi connectivity index (χ4v) is 1.86. The van der Waals surface area contributed by atoms with E-state index in [1.807, 2.05) is 0 Å². The minimum Gasteiger partial charge on any atom is -0.439 e. The Hall–Kier alpha value is -1.26. The number of nitrogens with zero attached hydrogens (tertiary/aromatic N) is 1. The smallest absolute Gasteiger partial charge is 0.295 e. The lowest BCUT2D eigenvalue weighted by Crippen LogP contribution is -2.35. The molecule has 1 rings (SSSR count). The molecule has 1 aliphatic carbocycles. The van der Waals surface area contributed by atoms with Crippen LogP contribution >= 0.6 is 0 Å². The number of carbonyl (C=O) groups excluding carboxylic acids is 1. The van der Waals surface area contributed by atoms with Crippen LogP contribution in [-0.2, 0) is 9.53 Å². The zero-order chi connectivity index (χ0) is 10.4. The topological polar surface area (TPSA) is 90.7 Å². The summed E-state index contributed by atoms with van der Waals surface area (Å²) in [5.41, 5.74) is 9.85. The van der Waals surface area contributed by atoms with Gasteiger partial charge in [-0.05, 0) is 12.8 Å². The number of carbonyl (C=O) groups is 1. The van der Waals surface area contributed by atoms with E-state index in [4.69, 9.17) is 16.2 Å². The first-order valence-electron chi connectivity index (χ1n) is 4.91. The highest BCUT2D eigenvalue weighted by Crippen LogP contribution is 2.31. The third-order valence-corrected chi connectivity index (χ3v) is 2.49. The van der Waals surface area contributed by atoms with Crippen LogP contribution in [0.5, 0.6) is 0 Å². The molecule has 1 fully saturated rings. The average Bonchev–Trinajstić information content (AvgIpc) is 2.30. The van der Waals surface area contributed by atoms with Crippen molar-refractivity contribution in [1.82, 2.24) is 0 Å². The Kier molecular flexibility index (Phi) is 3.73. The highest BCUT2D eigenvalue weighted by molar-refractivity contribution is 5.76. The lowest BCUT2D eigenvalue weighted by molar-refractivity contribution is -0.144. The molecule has 0 bridgehead atoms. The van der Waals surface area contributed by atoms with E-state index in [2.05, 4.69) is 4.99 Å². The number of hydrogen-bond donors (Lipinski definition) is 2. The molecule has 0 amide bonds. The summed E-state index contributed by atoms with van der Waals surface area (Å²) in [6.45, 7) is 0.428. The molecule has 1 saturated carbocycles. The quantitative estimate of drug-likeness (QED) is 0.299. The Balaban J connectivity index is 2.77. The minimum absolute atomic E-state index is 0.0197. The van der Waals surface area contributed by atoms with Crippen LogP contribution in [0.2, 0.25) is 0 Å². The van der Waals surface area contributed by atoms with E-state index in [0.29, 0.717) is 19.3 Å². The third kappa shape index (κ3) is 2.90. The molecule has 0 radical (unpaired) electrons. The van der Waals surface area contributed by atoms with Crippen molar-refractivity contribution in [3.63, 3.8) is 0 Å². The first-order valence-corrected chi connectivity index (χ1v) is 4.91. The van der Waals surface area contributed by atoms with Crippen LogP contribution in [0, 0.1) is 0 Å². The maximum Gasteiger partial charge on any atom is 0.295 e. The summed E-state index contributed by atoms with van der Waals surface area (Å²) < 4.78 is 5.03. The number of aliphatic imine (C=N–C) groups is 1. The second kappa shape index (κ2) is 4.83. The average molecular weight is 199 g/mol. The summed E-state index contributed by atoms with van der Waals surface area (Å²) in [7, 11) is 0. The molecule has 0 spiro atoms. The lowest BCUT2D eigenvalue weighted by Gasteiger charge is -2.26. The third-order valence-electron chi connectivity index (χ3n) is 2.49. The van der Waals surface area contributed by atoms with Crippen LogP contribution in [0.4, 0.5) is 0 Å². The summed E-state index contributed by atoms with van der Waals surface area (Å²) in [6, 6.07) is 0. The molecule has 0 atom stereocenters. The highest BCUT2D eigenvalue weighted by atomic mass is 16.5. The van der Waals surface area contributed by atoms with Crippen molar-refractivity contribution in [3.8, 4) is 0 Å². The molecule has 80 valence electrons. The van der Waals surface area contributed by atoms with Gasteiger partial charge >= 0.3 is 0 Å². The SMILES string of the molecule is NC(N)=NC1(OC=O)CCCCCC1. The molecule has 0 aromatic heterocycles. The summed E-state index contributed by atoms with van der Waals surface area (Å²) >= 11 is 0. The van der Waals surface area contributed by atoms with Crippen molar-refractivity contribution in [1.29, 1.82) is 0 Å². The van der Waals surface area contributed by atoms with E-state index in [-0.39, 0.29) is 5.96 Å². The zero-order valence-corrected chi connectivity index (χ0v) is 8.24. The van der Waals surface area contributed by atoms with Gasteiger partial charge in [0, 0.05) is 12.8 Å². The fraction of sp³-hybridized carbons (Fsp3) is 0.778. The zero-order valence-electron chi connectivity index (χ0n) is 8.24. The first-order chi connectivity index (χ1) is 6.68. The van der Waals surface area contributed by atoms with Crippen LogP contribution in [0.1, 0.15) is 38.5 Å². The van der Waals surface area contributed by atoms with Gasteiger partial charge < -0.3 is 16.2 Å². The van der Waals surface area contributed by atoms with E-state index >= 15 is 0 Å². The first kappa shape index (κ1) is 10.8. The summed E-state index contributed by atoms with van der Waals surface area (Å²) in [6.07, 6.45) is 5.69. The second-order valence-electron chi connectivity index (χ2n) is 3.61. The molecule has 0 heterocycles. The number of hydrogen-bond acceptors (Lipinski definition) is 3. The van der Waals surface area contributed by atoms with Gasteiger partial charge in [-0.2, -0.15) is 0 Å². The van der Waals surface area contributed by atoms with Gasteiger partial charge in [0.1, 0.15) is 0 Å². The van der Waals surface area contributed by atoms with Gasteiger partial charge in [-0.25, -0.2) is 4.99 Å². The summed E-state index contributed by atoms with van der Waals surface area (Å²) in [4.78, 5) is 14.4. The molecule has 0 saturated heterocycles. The fourth-order valence-electron chi connectivity index (χ4n) is 1.86. The van der Waals surface area contributed by atoms with Crippen molar-refractivity contribution < 1.29 is 9.53 Å². The van der Waals surface area contributed by atoms with Gasteiger partial charge in [-0.1, -0.05) is 12.8 Å². The predicted molar refractivity (Wildman–Crippen MR) is 53.4 cm³/mol. The van der Waals surface area contributed by atoms with Crippen LogP contribution in [0.25, 0.3) is 0 Å². The van der Waals surface area contributed by atoms with Crippen LogP contribution in [0.15, 0.2) is 4.99 Å². The largest absolute Gasteiger partial charge is 0.439 e. The standard InChI is InChI=1S/C9H17N3O2/c10-8(11)12-9(14-7-13)5-3-1-2-4-6-9/h7H,1-6H2,(H4,10,11,12). The number of guanidine groups is 1. The van der Waals surface area contributed by atoms with Crippen molar-refractivity contribution in [2.75, 3.05) is 0 Å². The van der Waals surface area contributed by atoms with Crippen LogP contribution in [0.3, 0.4) is 0 Å². The summed E-state index contributed by atoms with van der Waals surface area (Å²) in [5.74, 6) is -0.0197. The van der Waals surface area contributed by atoms with E-state index in [9.17, 15) is 4.79 Å².